The Morgan fingerprint density at radius 2 is 0.871 bits per heavy atom. The number of quaternary nitrogens is 1. The topological polar surface area (TPSA) is 114 Å². The van der Waals surface area contributed by atoms with E-state index in [1.54, 1.807) is 0 Å². The van der Waals surface area contributed by atoms with Gasteiger partial charge in [-0.15, -0.1) is 0 Å². The number of nitrogens with one attached hydrogen (secondary N) is 1. The van der Waals surface area contributed by atoms with Crippen LogP contribution in [-0.2, 0) is 27.9 Å². The van der Waals surface area contributed by atoms with Gasteiger partial charge in [-0.2, -0.15) is 0 Å². The van der Waals surface area contributed by atoms with E-state index >= 15 is 0 Å². The highest BCUT2D eigenvalue weighted by atomic mass is 31.2. The molecule has 0 aliphatic heterocycles. The molecule has 3 unspecified atom stereocenters. The summed E-state index contributed by atoms with van der Waals surface area (Å²) < 4.78 is 30.2. The third-order valence-electron chi connectivity index (χ3n) is 12.7. The highest BCUT2D eigenvalue weighted by Crippen LogP contribution is 2.38. The van der Waals surface area contributed by atoms with Crippen molar-refractivity contribution in [2.24, 2.45) is 0 Å². The van der Waals surface area contributed by atoms with Crippen LogP contribution >= 0.6 is 7.82 Å². The van der Waals surface area contributed by atoms with E-state index in [0.29, 0.717) is 23.9 Å². The minimum absolute atomic E-state index is 0.0281. The van der Waals surface area contributed by atoms with E-state index in [1.165, 1.54) is 128 Å². The second-order valence-electron chi connectivity index (χ2n) is 20.8. The first-order valence-corrected chi connectivity index (χ1v) is 30.6. The molecule has 70 heavy (non-hydrogen) atoms. The molecule has 0 aromatic heterocycles. The molecule has 0 radical (unpaired) electrons. The molecule has 0 aliphatic rings. The molecule has 3 atom stereocenters. The molecule has 408 valence electrons. The number of nitrogens with zero attached hydrogens (tertiary/aromatic N) is 1. The average molecular weight is 1000 g/mol. The smallest absolute Gasteiger partial charge is 0.306 e. The minimum atomic E-state index is -4.70. The number of phosphoric acid groups is 1. The lowest BCUT2D eigenvalue weighted by molar-refractivity contribution is -0.870. The number of unbranched alkanes of at least 4 members (excludes halogenated alkanes) is 28. The highest BCUT2D eigenvalue weighted by Gasteiger charge is 2.27. The Bertz CT molecular complexity index is 1390. The van der Waals surface area contributed by atoms with Crippen LogP contribution in [0.1, 0.15) is 258 Å². The van der Waals surface area contributed by atoms with E-state index in [4.69, 9.17) is 13.8 Å². The van der Waals surface area contributed by atoms with Crippen LogP contribution in [0.25, 0.3) is 0 Å². The van der Waals surface area contributed by atoms with E-state index in [9.17, 15) is 19.0 Å². The van der Waals surface area contributed by atoms with Gasteiger partial charge in [-0.05, 0) is 96.0 Å². The maximum Gasteiger partial charge on any atom is 0.306 e. The van der Waals surface area contributed by atoms with Gasteiger partial charge in [0.2, 0.25) is 5.91 Å². The van der Waals surface area contributed by atoms with Gasteiger partial charge in [0.25, 0.3) is 7.82 Å². The summed E-state index contributed by atoms with van der Waals surface area (Å²) in [5, 5.41) is 3.01. The number of allylic oxidation sites excluding steroid dienone is 9. The number of carbonyl (C=O) groups is 2. The summed E-state index contributed by atoms with van der Waals surface area (Å²) in [6.45, 7) is 6.78. The molecule has 10 heteroatoms. The Balaban J connectivity index is 5.39. The quantitative estimate of drug-likeness (QED) is 0.0212. The van der Waals surface area contributed by atoms with E-state index in [1.807, 2.05) is 33.3 Å². The number of ether oxygens (including phenoxy) is 1. The summed E-state index contributed by atoms with van der Waals surface area (Å²) in [6, 6.07) is -0.899. The van der Waals surface area contributed by atoms with Crippen LogP contribution in [0.5, 0.6) is 0 Å². The van der Waals surface area contributed by atoms with Crippen LogP contribution in [0.2, 0.25) is 0 Å². The molecular weight excluding hydrogens is 892 g/mol. The third kappa shape index (κ3) is 50.6. The molecule has 0 rings (SSSR count). The zero-order valence-corrected chi connectivity index (χ0v) is 47.4. The maximum atomic E-state index is 13.5. The van der Waals surface area contributed by atoms with Crippen molar-refractivity contribution in [2.45, 2.75) is 270 Å². The molecule has 1 N–H and O–H groups in total. The molecule has 0 fully saturated rings. The van der Waals surface area contributed by atoms with Crippen molar-refractivity contribution >= 4 is 19.7 Å². The Morgan fingerprint density at radius 3 is 1.36 bits per heavy atom. The lowest BCUT2D eigenvalue weighted by Gasteiger charge is -2.30. The predicted octanol–water partition coefficient (Wildman–Crippen LogP) is 16.9. The normalized spacial score (nSPS) is 14.2. The van der Waals surface area contributed by atoms with Crippen LogP contribution in [-0.4, -0.2) is 69.4 Å². The zero-order chi connectivity index (χ0) is 51.5. The summed E-state index contributed by atoms with van der Waals surface area (Å²) in [5.74, 6) is -0.570. The Hall–Kier alpha value is -2.29. The van der Waals surface area contributed by atoms with Crippen LogP contribution in [0, 0.1) is 0 Å². The van der Waals surface area contributed by atoms with Crippen molar-refractivity contribution < 1.29 is 37.3 Å². The van der Waals surface area contributed by atoms with Gasteiger partial charge in [-0.25, -0.2) is 0 Å². The standard InChI is InChI=1S/C60H111N2O7P/c1-7-10-13-16-19-22-25-28-30-31-33-35-38-41-44-47-50-53-60(64)69-58(51-48-45-42-39-36-27-24-21-18-15-12-9-3)57(56-68-70(65,66)67-55-54-62(4,5)6)61-59(63)52-49-46-43-40-37-34-32-29-26-23-20-17-14-11-8-2/h19,22-23,26,28,30,33,35,48,51,57-58H,7-18,20-21,24-25,27,29,31-32,34,36-47,49-50,52-56H2,1-6H3,(H-,61,63,65,66)/b22-19-,26-23-,30-28-,35-33-,51-48+. The van der Waals surface area contributed by atoms with Crippen LogP contribution < -0.4 is 10.2 Å². The van der Waals surface area contributed by atoms with Gasteiger partial charge < -0.3 is 28.5 Å². The molecule has 9 nitrogen and oxygen atoms in total. The number of hydrogen-bond donors (Lipinski definition) is 1. The number of carbonyl (C=O) groups excluding carboxylic acids is 2. The molecule has 0 aromatic rings. The maximum absolute atomic E-state index is 13.5. The molecule has 0 bridgehead atoms. The van der Waals surface area contributed by atoms with Crippen molar-refractivity contribution in [3.63, 3.8) is 0 Å². The Morgan fingerprint density at radius 1 is 0.500 bits per heavy atom. The van der Waals surface area contributed by atoms with Crippen molar-refractivity contribution in [1.82, 2.24) is 5.32 Å². The average Bonchev–Trinajstić information content (AvgIpc) is 3.32. The number of hydrogen-bond acceptors (Lipinski definition) is 7. The largest absolute Gasteiger partial charge is 0.756 e. The van der Waals surface area contributed by atoms with Crippen molar-refractivity contribution in [2.75, 3.05) is 40.9 Å². The number of likely N-dealkylation sites (N-methyl/N-ethyl adjacent to an activating group) is 1. The fourth-order valence-electron chi connectivity index (χ4n) is 8.11. The predicted molar refractivity (Wildman–Crippen MR) is 298 cm³/mol. The molecule has 0 spiro atoms. The van der Waals surface area contributed by atoms with E-state index in [-0.39, 0.29) is 24.9 Å². The lowest BCUT2D eigenvalue weighted by atomic mass is 10.0. The summed E-state index contributed by atoms with van der Waals surface area (Å²) in [7, 11) is 1.17. The summed E-state index contributed by atoms with van der Waals surface area (Å²) in [5.41, 5.74) is 0. The minimum Gasteiger partial charge on any atom is -0.756 e. The number of esters is 1. The molecule has 1 amide bonds. The molecule has 0 aromatic carbocycles. The zero-order valence-electron chi connectivity index (χ0n) is 46.5. The number of phosphoric ester groups is 1. The van der Waals surface area contributed by atoms with E-state index in [0.717, 1.165) is 89.9 Å². The van der Waals surface area contributed by atoms with E-state index in [2.05, 4.69) is 74.7 Å². The molecular formula is C60H111N2O7P. The van der Waals surface area contributed by atoms with Crippen LogP contribution in [0.4, 0.5) is 0 Å². The van der Waals surface area contributed by atoms with Crippen molar-refractivity contribution in [1.29, 1.82) is 0 Å². The molecule has 0 saturated heterocycles. The van der Waals surface area contributed by atoms with Crippen molar-refractivity contribution in [3.05, 3.63) is 60.8 Å². The second kappa shape index (κ2) is 50.3. The van der Waals surface area contributed by atoms with Crippen LogP contribution in [0.3, 0.4) is 0 Å². The van der Waals surface area contributed by atoms with Gasteiger partial charge in [0, 0.05) is 12.8 Å². The van der Waals surface area contributed by atoms with Crippen LogP contribution in [0.15, 0.2) is 60.8 Å². The SMILES string of the molecule is CCCCC/C=C\C/C=C\C/C=C\CCCCCCC(=O)OC(/C=C/CCCCCCCCCCCC)C(COP(=O)([O-])OCC[N+](C)(C)C)NC(=O)CCCCCCCCC/C=C\CCCCCC. The Kier molecular flexibility index (Phi) is 48.6. The highest BCUT2D eigenvalue weighted by molar-refractivity contribution is 7.45. The monoisotopic (exact) mass is 1000 g/mol. The first-order chi connectivity index (χ1) is 33.9. The first-order valence-electron chi connectivity index (χ1n) is 29.1. The fourth-order valence-corrected chi connectivity index (χ4v) is 8.83. The molecule has 0 aliphatic carbocycles. The molecule has 0 heterocycles. The second-order valence-corrected chi connectivity index (χ2v) is 22.2. The lowest BCUT2D eigenvalue weighted by Crippen LogP contribution is -2.47. The van der Waals surface area contributed by atoms with Gasteiger partial charge in [0.05, 0.1) is 33.8 Å². The summed E-state index contributed by atoms with van der Waals surface area (Å²) in [4.78, 5) is 39.8. The van der Waals surface area contributed by atoms with E-state index < -0.39 is 26.6 Å². The first kappa shape index (κ1) is 67.7. The summed E-state index contributed by atoms with van der Waals surface area (Å²) in [6.07, 6.45) is 61.7. The van der Waals surface area contributed by atoms with Gasteiger partial charge in [0.15, 0.2) is 0 Å². The number of amides is 1. The van der Waals surface area contributed by atoms with Gasteiger partial charge in [-0.1, -0.05) is 210 Å². The fraction of sp³-hybridized carbons (Fsp3) is 0.800. The molecule has 0 saturated carbocycles. The number of rotatable bonds is 52. The van der Waals surface area contributed by atoms with Gasteiger partial charge >= 0.3 is 5.97 Å². The Labute approximate surface area is 432 Å². The van der Waals surface area contributed by atoms with Gasteiger partial charge in [0.1, 0.15) is 19.3 Å². The van der Waals surface area contributed by atoms with Gasteiger partial charge in [-0.3, -0.25) is 14.2 Å². The van der Waals surface area contributed by atoms with Crippen molar-refractivity contribution in [3.8, 4) is 0 Å². The summed E-state index contributed by atoms with van der Waals surface area (Å²) >= 11 is 0. The third-order valence-corrected chi connectivity index (χ3v) is 13.6.